The molecule has 0 atom stereocenters. The van der Waals surface area contributed by atoms with Gasteiger partial charge in [0.2, 0.25) is 0 Å². The van der Waals surface area contributed by atoms with Gasteiger partial charge >= 0.3 is 6.03 Å². The molecule has 1 aliphatic rings. The minimum atomic E-state index is -1.28. The molecule has 1 aromatic rings. The van der Waals surface area contributed by atoms with Crippen LogP contribution in [0, 0.1) is 17.5 Å². The van der Waals surface area contributed by atoms with E-state index < -0.39 is 23.5 Å². The average molecular weight is 258 g/mol. The zero-order valence-electron chi connectivity index (χ0n) is 9.60. The normalized spacial score (nSPS) is 15.7. The maximum Gasteiger partial charge on any atom is 0.319 e. The standard InChI is InChI=1S/C12H13F3N2O/c13-8-5-10(15)11(6-9(8)14)17-12(18)16-7-3-1-2-4-7/h5-7H,1-4H2,(H2,16,17,18). The number of halogens is 3. The molecule has 0 heterocycles. The molecule has 1 fully saturated rings. The highest BCUT2D eigenvalue weighted by molar-refractivity contribution is 5.89. The molecule has 0 aliphatic heterocycles. The van der Waals surface area contributed by atoms with Crippen molar-refractivity contribution in [2.45, 2.75) is 31.7 Å². The highest BCUT2D eigenvalue weighted by Gasteiger charge is 2.18. The fraction of sp³-hybridized carbons (Fsp3) is 0.417. The van der Waals surface area contributed by atoms with Gasteiger partial charge in [-0.1, -0.05) is 12.8 Å². The maximum absolute atomic E-state index is 13.3. The summed E-state index contributed by atoms with van der Waals surface area (Å²) in [5, 5.41) is 4.83. The summed E-state index contributed by atoms with van der Waals surface area (Å²) in [6.07, 6.45) is 3.86. The van der Waals surface area contributed by atoms with E-state index in [2.05, 4.69) is 10.6 Å². The lowest BCUT2D eigenvalue weighted by Crippen LogP contribution is -2.36. The lowest BCUT2D eigenvalue weighted by atomic mass is 10.2. The van der Waals surface area contributed by atoms with E-state index in [1.54, 1.807) is 0 Å². The summed E-state index contributed by atoms with van der Waals surface area (Å²) in [6.45, 7) is 0. The Morgan fingerprint density at radius 3 is 2.33 bits per heavy atom. The average Bonchev–Trinajstić information content (AvgIpc) is 2.78. The fourth-order valence-electron chi connectivity index (χ4n) is 2.03. The Bertz CT molecular complexity index is 459. The van der Waals surface area contributed by atoms with E-state index in [9.17, 15) is 18.0 Å². The molecule has 18 heavy (non-hydrogen) atoms. The van der Waals surface area contributed by atoms with Crippen LogP contribution >= 0.6 is 0 Å². The van der Waals surface area contributed by atoms with Crippen molar-refractivity contribution in [3.05, 3.63) is 29.6 Å². The Balaban J connectivity index is 2.00. The Kier molecular flexibility index (Phi) is 3.74. The number of hydrogen-bond acceptors (Lipinski definition) is 1. The van der Waals surface area contributed by atoms with Gasteiger partial charge in [0.25, 0.3) is 0 Å². The minimum absolute atomic E-state index is 0.0679. The van der Waals surface area contributed by atoms with E-state index in [1.807, 2.05) is 0 Å². The molecule has 98 valence electrons. The van der Waals surface area contributed by atoms with Gasteiger partial charge in [0, 0.05) is 18.2 Å². The van der Waals surface area contributed by atoms with Gasteiger partial charge in [-0.05, 0) is 12.8 Å². The quantitative estimate of drug-likeness (QED) is 0.786. The molecular formula is C12H13F3N2O. The van der Waals surface area contributed by atoms with Crippen LogP contribution in [0.1, 0.15) is 25.7 Å². The first-order chi connectivity index (χ1) is 8.56. The predicted octanol–water partition coefficient (Wildman–Crippen LogP) is 3.17. The number of hydrogen-bond donors (Lipinski definition) is 2. The van der Waals surface area contributed by atoms with Crippen LogP contribution in [0.5, 0.6) is 0 Å². The second-order valence-corrected chi connectivity index (χ2v) is 4.33. The summed E-state index contributed by atoms with van der Waals surface area (Å²) in [4.78, 5) is 11.5. The van der Waals surface area contributed by atoms with Gasteiger partial charge < -0.3 is 10.6 Å². The van der Waals surface area contributed by atoms with Gasteiger partial charge in [0.1, 0.15) is 5.82 Å². The van der Waals surface area contributed by atoms with Crippen molar-refractivity contribution >= 4 is 11.7 Å². The molecule has 1 aromatic carbocycles. The third-order valence-corrected chi connectivity index (χ3v) is 2.95. The highest BCUT2D eigenvalue weighted by atomic mass is 19.2. The first-order valence-corrected chi connectivity index (χ1v) is 5.78. The largest absolute Gasteiger partial charge is 0.335 e. The number of nitrogens with one attached hydrogen (secondary N) is 2. The van der Waals surface area contributed by atoms with E-state index in [0.29, 0.717) is 12.1 Å². The molecule has 2 rings (SSSR count). The summed E-state index contributed by atoms with van der Waals surface area (Å²) in [5.41, 5.74) is -0.371. The van der Waals surface area contributed by atoms with Gasteiger partial charge in [-0.2, -0.15) is 0 Å². The van der Waals surface area contributed by atoms with E-state index in [-0.39, 0.29) is 11.7 Å². The highest BCUT2D eigenvalue weighted by Crippen LogP contribution is 2.20. The van der Waals surface area contributed by atoms with Gasteiger partial charge in [0.05, 0.1) is 5.69 Å². The number of urea groups is 1. The van der Waals surface area contributed by atoms with Gasteiger partial charge in [-0.3, -0.25) is 0 Å². The molecule has 2 amide bonds. The van der Waals surface area contributed by atoms with E-state index in [1.165, 1.54) is 0 Å². The van der Waals surface area contributed by atoms with Crippen molar-refractivity contribution in [2.24, 2.45) is 0 Å². The molecule has 0 unspecified atom stereocenters. The molecule has 1 saturated carbocycles. The number of amides is 2. The van der Waals surface area contributed by atoms with Crippen LogP contribution in [-0.2, 0) is 0 Å². The zero-order chi connectivity index (χ0) is 13.1. The minimum Gasteiger partial charge on any atom is -0.335 e. The monoisotopic (exact) mass is 258 g/mol. The SMILES string of the molecule is O=C(Nc1cc(F)c(F)cc1F)NC1CCCC1. The van der Waals surface area contributed by atoms with Gasteiger partial charge in [-0.25, -0.2) is 18.0 Å². The molecule has 0 bridgehead atoms. The smallest absolute Gasteiger partial charge is 0.319 e. The second-order valence-electron chi connectivity index (χ2n) is 4.33. The predicted molar refractivity (Wildman–Crippen MR) is 60.7 cm³/mol. The van der Waals surface area contributed by atoms with E-state index in [0.717, 1.165) is 25.7 Å². The summed E-state index contributed by atoms with van der Waals surface area (Å²) in [6, 6.07) is 0.490. The third kappa shape index (κ3) is 2.94. The number of rotatable bonds is 2. The fourth-order valence-corrected chi connectivity index (χ4v) is 2.03. The second kappa shape index (κ2) is 5.29. The molecule has 1 aliphatic carbocycles. The first-order valence-electron chi connectivity index (χ1n) is 5.78. The van der Waals surface area contributed by atoms with Crippen LogP contribution in [0.3, 0.4) is 0 Å². The number of carbonyl (C=O) groups is 1. The van der Waals surface area contributed by atoms with Gasteiger partial charge in [-0.15, -0.1) is 0 Å². The van der Waals surface area contributed by atoms with Crippen LogP contribution < -0.4 is 10.6 Å². The Morgan fingerprint density at radius 2 is 1.67 bits per heavy atom. The van der Waals surface area contributed by atoms with Crippen LogP contribution in [0.4, 0.5) is 23.7 Å². The van der Waals surface area contributed by atoms with Crippen molar-refractivity contribution in [3.8, 4) is 0 Å². The van der Waals surface area contributed by atoms with Crippen molar-refractivity contribution < 1.29 is 18.0 Å². The third-order valence-electron chi connectivity index (χ3n) is 2.95. The summed E-state index contributed by atoms with van der Waals surface area (Å²) in [7, 11) is 0. The summed E-state index contributed by atoms with van der Waals surface area (Å²) in [5.74, 6) is -3.49. The molecule has 6 heteroatoms. The van der Waals surface area contributed by atoms with Crippen LogP contribution in [0.15, 0.2) is 12.1 Å². The molecule has 0 saturated heterocycles. The summed E-state index contributed by atoms with van der Waals surface area (Å²) < 4.78 is 38.8. The molecular weight excluding hydrogens is 245 g/mol. The first kappa shape index (κ1) is 12.7. The zero-order valence-corrected chi connectivity index (χ0v) is 9.60. The summed E-state index contributed by atoms with van der Waals surface area (Å²) >= 11 is 0. The molecule has 0 spiro atoms. The van der Waals surface area contributed by atoms with Crippen molar-refractivity contribution in [1.29, 1.82) is 0 Å². The lowest BCUT2D eigenvalue weighted by molar-refractivity contribution is 0.248. The lowest BCUT2D eigenvalue weighted by Gasteiger charge is -2.13. The van der Waals surface area contributed by atoms with Crippen LogP contribution in [0.2, 0.25) is 0 Å². The van der Waals surface area contributed by atoms with Crippen molar-refractivity contribution in [2.75, 3.05) is 5.32 Å². The number of carbonyl (C=O) groups excluding carboxylic acids is 1. The van der Waals surface area contributed by atoms with Gasteiger partial charge in [0.15, 0.2) is 11.6 Å². The molecule has 3 nitrogen and oxygen atoms in total. The van der Waals surface area contributed by atoms with Crippen molar-refractivity contribution in [3.63, 3.8) is 0 Å². The van der Waals surface area contributed by atoms with Crippen LogP contribution in [-0.4, -0.2) is 12.1 Å². The molecule has 0 aromatic heterocycles. The Labute approximate surface area is 102 Å². The number of benzene rings is 1. The Morgan fingerprint density at radius 1 is 1.06 bits per heavy atom. The van der Waals surface area contributed by atoms with Crippen LogP contribution in [0.25, 0.3) is 0 Å². The van der Waals surface area contributed by atoms with Crippen molar-refractivity contribution in [1.82, 2.24) is 5.32 Å². The van der Waals surface area contributed by atoms with E-state index >= 15 is 0 Å². The molecule has 0 radical (unpaired) electrons. The maximum atomic E-state index is 13.3. The molecule has 2 N–H and O–H groups in total. The Hall–Kier alpha value is -1.72. The van der Waals surface area contributed by atoms with E-state index in [4.69, 9.17) is 0 Å². The number of anilines is 1. The topological polar surface area (TPSA) is 41.1 Å².